The van der Waals surface area contributed by atoms with Crippen LogP contribution in [-0.4, -0.2) is 28.3 Å². The molecule has 0 aliphatic heterocycles. The summed E-state index contributed by atoms with van der Waals surface area (Å²) in [6.45, 7) is 1.73. The van der Waals surface area contributed by atoms with Gasteiger partial charge in [-0.3, -0.25) is 0 Å². The monoisotopic (exact) mass is 285 g/mol. The molecule has 1 atom stereocenters. The van der Waals surface area contributed by atoms with Gasteiger partial charge in [-0.2, -0.15) is 13.2 Å². The minimum absolute atomic E-state index is 0. The van der Waals surface area contributed by atoms with Gasteiger partial charge in [0.2, 0.25) is 5.76 Å². The van der Waals surface area contributed by atoms with Gasteiger partial charge in [-0.1, -0.05) is 7.43 Å². The SMILES string of the molecule is C.C[C@@H](N)c1ccc(C(=O)O)o1.O=C(O)C(F)(F)F. The predicted octanol–water partition coefficient (Wildman–Crippen LogP) is 2.27. The van der Waals surface area contributed by atoms with E-state index in [-0.39, 0.29) is 19.2 Å². The molecule has 0 aromatic carbocycles. The molecule has 0 aliphatic rings. The summed E-state index contributed by atoms with van der Waals surface area (Å²) in [6.07, 6.45) is -5.08. The molecule has 0 spiro atoms. The zero-order chi connectivity index (χ0) is 14.5. The molecule has 1 aromatic heterocycles. The molecule has 1 heterocycles. The topological polar surface area (TPSA) is 114 Å². The van der Waals surface area contributed by atoms with Gasteiger partial charge in [0.1, 0.15) is 5.76 Å². The fourth-order valence-electron chi connectivity index (χ4n) is 0.712. The number of aromatic carboxylic acids is 1. The van der Waals surface area contributed by atoms with Crippen molar-refractivity contribution in [1.82, 2.24) is 0 Å². The van der Waals surface area contributed by atoms with E-state index in [1.165, 1.54) is 6.07 Å². The first-order chi connectivity index (χ1) is 8.05. The number of alkyl halides is 3. The van der Waals surface area contributed by atoms with Gasteiger partial charge in [-0.05, 0) is 19.1 Å². The summed E-state index contributed by atoms with van der Waals surface area (Å²) in [5.41, 5.74) is 5.44. The van der Waals surface area contributed by atoms with E-state index < -0.39 is 18.1 Å². The zero-order valence-corrected chi connectivity index (χ0v) is 9.06. The van der Waals surface area contributed by atoms with E-state index >= 15 is 0 Å². The van der Waals surface area contributed by atoms with E-state index in [9.17, 15) is 18.0 Å². The average Bonchev–Trinajstić information content (AvgIpc) is 2.65. The van der Waals surface area contributed by atoms with Crippen LogP contribution >= 0.6 is 0 Å². The molecule has 6 nitrogen and oxygen atoms in total. The molecule has 0 bridgehead atoms. The maximum Gasteiger partial charge on any atom is 0.490 e. The minimum atomic E-state index is -5.08. The molecule has 0 saturated heterocycles. The number of hydrogen-bond donors (Lipinski definition) is 3. The lowest BCUT2D eigenvalue weighted by molar-refractivity contribution is -0.192. The molecule has 0 aliphatic carbocycles. The predicted molar refractivity (Wildman–Crippen MR) is 58.7 cm³/mol. The summed E-state index contributed by atoms with van der Waals surface area (Å²) < 4.78 is 36.6. The Hall–Kier alpha value is -2.03. The highest BCUT2D eigenvalue weighted by Crippen LogP contribution is 2.13. The maximum atomic E-state index is 10.6. The third-order valence-corrected chi connectivity index (χ3v) is 1.53. The molecule has 1 aromatic rings. The quantitative estimate of drug-likeness (QED) is 0.768. The number of carbonyl (C=O) groups is 2. The number of nitrogens with two attached hydrogens (primary N) is 1. The first-order valence-electron chi connectivity index (χ1n) is 4.44. The molecule has 19 heavy (non-hydrogen) atoms. The van der Waals surface area contributed by atoms with Crippen LogP contribution < -0.4 is 5.73 Å². The van der Waals surface area contributed by atoms with Gasteiger partial charge in [0.05, 0.1) is 6.04 Å². The Bertz CT molecular complexity index is 425. The van der Waals surface area contributed by atoms with Crippen LogP contribution in [-0.2, 0) is 4.79 Å². The van der Waals surface area contributed by atoms with Gasteiger partial charge in [0, 0.05) is 0 Å². The van der Waals surface area contributed by atoms with Crippen LogP contribution in [0, 0.1) is 0 Å². The summed E-state index contributed by atoms with van der Waals surface area (Å²) in [7, 11) is 0. The Balaban J connectivity index is 0. The lowest BCUT2D eigenvalue weighted by Crippen LogP contribution is -2.21. The van der Waals surface area contributed by atoms with Crippen LogP contribution in [0.2, 0.25) is 0 Å². The summed E-state index contributed by atoms with van der Waals surface area (Å²) in [5.74, 6) is -3.41. The van der Waals surface area contributed by atoms with E-state index in [1.807, 2.05) is 0 Å². The number of aliphatic carboxylic acids is 1. The second-order valence-electron chi connectivity index (χ2n) is 3.10. The van der Waals surface area contributed by atoms with Gasteiger partial charge in [0.15, 0.2) is 0 Å². The van der Waals surface area contributed by atoms with E-state index in [2.05, 4.69) is 0 Å². The number of furan rings is 1. The van der Waals surface area contributed by atoms with Crippen LogP contribution in [0.4, 0.5) is 13.2 Å². The lowest BCUT2D eigenvalue weighted by atomic mass is 10.3. The summed E-state index contributed by atoms with van der Waals surface area (Å²) in [6, 6.07) is 2.69. The Morgan fingerprint density at radius 1 is 1.32 bits per heavy atom. The van der Waals surface area contributed by atoms with Crippen molar-refractivity contribution < 1.29 is 37.4 Å². The first kappa shape index (κ1) is 19.3. The fraction of sp³-hybridized carbons (Fsp3) is 0.400. The standard InChI is InChI=1S/C7H9NO3.C2HF3O2.CH4/c1-4(8)5-2-3-6(11-5)7(9)10;3-2(4,5)1(6)7;/h2-4H,8H2,1H3,(H,9,10);(H,6,7);1H4/t4-;;/m1../s1. The highest BCUT2D eigenvalue weighted by atomic mass is 19.4. The van der Waals surface area contributed by atoms with Crippen molar-refractivity contribution in [2.45, 2.75) is 26.6 Å². The maximum absolute atomic E-state index is 10.6. The zero-order valence-electron chi connectivity index (χ0n) is 9.06. The molecule has 4 N–H and O–H groups in total. The normalized spacial score (nSPS) is 11.6. The van der Waals surface area contributed by atoms with Crippen LogP contribution in [0.3, 0.4) is 0 Å². The van der Waals surface area contributed by atoms with E-state index in [1.54, 1.807) is 13.0 Å². The Labute approximate surface area is 106 Å². The molecule has 0 radical (unpaired) electrons. The number of carboxylic acid groups (broad SMARTS) is 2. The van der Waals surface area contributed by atoms with Crippen molar-refractivity contribution in [2.75, 3.05) is 0 Å². The Morgan fingerprint density at radius 3 is 1.89 bits per heavy atom. The summed E-state index contributed by atoms with van der Waals surface area (Å²) >= 11 is 0. The lowest BCUT2D eigenvalue weighted by Gasteiger charge is -1.97. The van der Waals surface area contributed by atoms with Crippen LogP contribution in [0.5, 0.6) is 0 Å². The summed E-state index contributed by atoms with van der Waals surface area (Å²) in [5, 5.41) is 15.6. The number of rotatable bonds is 2. The van der Waals surface area contributed by atoms with Gasteiger partial charge >= 0.3 is 18.1 Å². The largest absolute Gasteiger partial charge is 0.490 e. The molecule has 0 unspecified atom stereocenters. The van der Waals surface area contributed by atoms with E-state index in [4.69, 9.17) is 25.2 Å². The van der Waals surface area contributed by atoms with Crippen molar-refractivity contribution in [3.63, 3.8) is 0 Å². The van der Waals surface area contributed by atoms with Crippen LogP contribution in [0.25, 0.3) is 0 Å². The van der Waals surface area contributed by atoms with E-state index in [0.29, 0.717) is 5.76 Å². The minimum Gasteiger partial charge on any atom is -0.475 e. The molecule has 110 valence electrons. The Morgan fingerprint density at radius 2 is 1.74 bits per heavy atom. The number of carboxylic acids is 2. The molecule has 9 heteroatoms. The average molecular weight is 285 g/mol. The van der Waals surface area contributed by atoms with Crippen molar-refractivity contribution in [3.8, 4) is 0 Å². The van der Waals surface area contributed by atoms with Crippen molar-refractivity contribution in [1.29, 1.82) is 0 Å². The van der Waals surface area contributed by atoms with Gasteiger partial charge in [-0.15, -0.1) is 0 Å². The van der Waals surface area contributed by atoms with Crippen LogP contribution in [0.15, 0.2) is 16.5 Å². The molecule has 0 amide bonds. The molecule has 0 fully saturated rings. The summed E-state index contributed by atoms with van der Waals surface area (Å²) in [4.78, 5) is 19.2. The number of halogens is 3. The smallest absolute Gasteiger partial charge is 0.475 e. The highest BCUT2D eigenvalue weighted by Gasteiger charge is 2.38. The van der Waals surface area contributed by atoms with Gasteiger partial charge in [0.25, 0.3) is 0 Å². The van der Waals surface area contributed by atoms with Crippen LogP contribution in [0.1, 0.15) is 36.7 Å². The van der Waals surface area contributed by atoms with Crippen molar-refractivity contribution in [3.05, 3.63) is 23.7 Å². The third-order valence-electron chi connectivity index (χ3n) is 1.53. The number of hydrogen-bond acceptors (Lipinski definition) is 4. The molecule has 1 rings (SSSR count). The highest BCUT2D eigenvalue weighted by molar-refractivity contribution is 5.84. The van der Waals surface area contributed by atoms with Crippen molar-refractivity contribution >= 4 is 11.9 Å². The second-order valence-corrected chi connectivity index (χ2v) is 3.10. The fourth-order valence-corrected chi connectivity index (χ4v) is 0.712. The van der Waals surface area contributed by atoms with E-state index in [0.717, 1.165) is 0 Å². The molecular weight excluding hydrogens is 271 g/mol. The van der Waals surface area contributed by atoms with Gasteiger partial charge < -0.3 is 20.4 Å². The van der Waals surface area contributed by atoms with Crippen molar-refractivity contribution in [2.24, 2.45) is 5.73 Å². The first-order valence-corrected chi connectivity index (χ1v) is 4.44. The third kappa shape index (κ3) is 7.09. The second kappa shape index (κ2) is 7.41. The molecule has 0 saturated carbocycles. The van der Waals surface area contributed by atoms with Gasteiger partial charge in [-0.25, -0.2) is 9.59 Å². The Kier molecular flexibility index (Phi) is 7.54. The molecular formula is C10H14F3NO5.